The van der Waals surface area contributed by atoms with E-state index in [4.69, 9.17) is 0 Å². The zero-order valence-corrected chi connectivity index (χ0v) is 14.4. The van der Waals surface area contributed by atoms with Gasteiger partial charge in [0.15, 0.2) is 0 Å². The highest BCUT2D eigenvalue weighted by atomic mass is 16.4. The molecule has 0 unspecified atom stereocenters. The molecule has 8 heteroatoms. The van der Waals surface area contributed by atoms with Gasteiger partial charge in [-0.15, -0.1) is 5.10 Å². The molecule has 1 N–H and O–H groups in total. The lowest BCUT2D eigenvalue weighted by Gasteiger charge is -2.28. The molecular weight excluding hydrogens is 334 g/mol. The molecule has 4 rings (SSSR count). The van der Waals surface area contributed by atoms with Crippen molar-refractivity contribution in [2.24, 2.45) is 0 Å². The van der Waals surface area contributed by atoms with Crippen LogP contribution < -0.4 is 0 Å². The Morgan fingerprint density at radius 1 is 1.19 bits per heavy atom. The van der Waals surface area contributed by atoms with Crippen LogP contribution in [-0.2, 0) is 13.0 Å². The summed E-state index contributed by atoms with van der Waals surface area (Å²) in [4.78, 5) is 34.5. The molecule has 3 heterocycles. The Bertz CT molecular complexity index is 1060. The van der Waals surface area contributed by atoms with Crippen LogP contribution in [0.3, 0.4) is 0 Å². The lowest BCUT2D eigenvalue weighted by molar-refractivity contribution is 0.0674. The summed E-state index contributed by atoms with van der Waals surface area (Å²) in [5.74, 6) is -0.854. The highest BCUT2D eigenvalue weighted by molar-refractivity contribution is 5.92. The van der Waals surface area contributed by atoms with Crippen molar-refractivity contribution in [3.63, 3.8) is 0 Å². The molecule has 0 bridgehead atoms. The number of carbonyl (C=O) groups excluding carboxylic acids is 1. The summed E-state index contributed by atoms with van der Waals surface area (Å²) in [7, 11) is 0. The first-order chi connectivity index (χ1) is 12.4. The smallest absolute Gasteiger partial charge is 0.336 e. The molecule has 132 valence electrons. The minimum absolute atomic E-state index is 0.0717. The van der Waals surface area contributed by atoms with Crippen LogP contribution in [0.2, 0.25) is 0 Å². The highest BCUT2D eigenvalue weighted by Crippen LogP contribution is 2.24. The number of carboxylic acids is 1. The number of rotatable bonds is 2. The lowest BCUT2D eigenvalue weighted by atomic mass is 9.95. The molecule has 1 aliphatic heterocycles. The molecular formula is C18H17N5O3. The predicted octanol–water partition coefficient (Wildman–Crippen LogP) is 1.64. The molecule has 3 aromatic rings. The fourth-order valence-corrected chi connectivity index (χ4v) is 3.35. The molecule has 1 aliphatic rings. The Labute approximate surface area is 149 Å². The van der Waals surface area contributed by atoms with Crippen molar-refractivity contribution in [3.8, 4) is 0 Å². The van der Waals surface area contributed by atoms with Gasteiger partial charge >= 0.3 is 5.97 Å². The van der Waals surface area contributed by atoms with Gasteiger partial charge in [0.2, 0.25) is 5.82 Å². The summed E-state index contributed by atoms with van der Waals surface area (Å²) in [5, 5.41) is 13.7. The first kappa shape index (κ1) is 16.2. The maximum absolute atomic E-state index is 12.9. The monoisotopic (exact) mass is 351 g/mol. The number of aromatic nitrogens is 4. The van der Waals surface area contributed by atoms with Crippen LogP contribution in [0.5, 0.6) is 0 Å². The van der Waals surface area contributed by atoms with Crippen LogP contribution in [0.1, 0.15) is 43.5 Å². The summed E-state index contributed by atoms with van der Waals surface area (Å²) < 4.78 is 1.54. The van der Waals surface area contributed by atoms with Crippen LogP contribution in [0.25, 0.3) is 5.78 Å². The Morgan fingerprint density at radius 3 is 2.77 bits per heavy atom. The van der Waals surface area contributed by atoms with E-state index in [2.05, 4.69) is 15.1 Å². The van der Waals surface area contributed by atoms with E-state index in [0.29, 0.717) is 24.3 Å². The van der Waals surface area contributed by atoms with E-state index >= 15 is 0 Å². The minimum Gasteiger partial charge on any atom is -0.478 e. The molecule has 0 atom stereocenters. The second-order valence-electron chi connectivity index (χ2n) is 6.41. The molecule has 0 saturated carbocycles. The van der Waals surface area contributed by atoms with Crippen molar-refractivity contribution >= 4 is 17.7 Å². The van der Waals surface area contributed by atoms with E-state index in [0.717, 1.165) is 17.0 Å². The van der Waals surface area contributed by atoms with E-state index in [9.17, 15) is 14.7 Å². The number of carboxylic acid groups (broad SMARTS) is 1. The van der Waals surface area contributed by atoms with E-state index in [-0.39, 0.29) is 23.8 Å². The second-order valence-corrected chi connectivity index (χ2v) is 6.41. The van der Waals surface area contributed by atoms with Gasteiger partial charge in [0.25, 0.3) is 11.7 Å². The molecule has 2 aromatic heterocycles. The molecule has 0 aliphatic carbocycles. The van der Waals surface area contributed by atoms with Crippen LogP contribution in [0, 0.1) is 13.8 Å². The van der Waals surface area contributed by atoms with Crippen molar-refractivity contribution in [1.82, 2.24) is 24.5 Å². The molecule has 0 radical (unpaired) electrons. The van der Waals surface area contributed by atoms with Gasteiger partial charge in [-0.25, -0.2) is 14.3 Å². The summed E-state index contributed by atoms with van der Waals surface area (Å²) >= 11 is 0. The second kappa shape index (κ2) is 5.91. The number of amides is 1. The third-order valence-electron chi connectivity index (χ3n) is 4.60. The first-order valence-corrected chi connectivity index (χ1v) is 8.28. The number of benzene rings is 1. The normalized spacial score (nSPS) is 13.7. The topological polar surface area (TPSA) is 101 Å². The van der Waals surface area contributed by atoms with Crippen molar-refractivity contribution in [1.29, 1.82) is 0 Å². The standard InChI is InChI=1S/C18H17N5O3/c1-10-8-11(2)23-18(19-10)20-15(21-23)16(24)22-7-6-12-4-3-5-13(17(25)26)14(12)9-22/h3-5,8H,6-7,9H2,1-2H3,(H,25,26). The van der Waals surface area contributed by atoms with Crippen molar-refractivity contribution < 1.29 is 14.7 Å². The van der Waals surface area contributed by atoms with Gasteiger partial charge in [-0.1, -0.05) is 12.1 Å². The highest BCUT2D eigenvalue weighted by Gasteiger charge is 2.27. The van der Waals surface area contributed by atoms with E-state index in [1.54, 1.807) is 21.5 Å². The number of aryl methyl sites for hydroxylation is 2. The maximum Gasteiger partial charge on any atom is 0.336 e. The Balaban J connectivity index is 1.68. The SMILES string of the molecule is Cc1cc(C)n2nc(C(=O)N3CCc4cccc(C(=O)O)c4C3)nc2n1. The average molecular weight is 351 g/mol. The Hall–Kier alpha value is -3.29. The lowest BCUT2D eigenvalue weighted by Crippen LogP contribution is -2.37. The zero-order chi connectivity index (χ0) is 18.4. The van der Waals surface area contributed by atoms with E-state index in [1.807, 2.05) is 26.0 Å². The molecule has 1 amide bonds. The van der Waals surface area contributed by atoms with Gasteiger partial charge in [-0.2, -0.15) is 4.98 Å². The number of nitrogens with zero attached hydrogens (tertiary/aromatic N) is 5. The number of carbonyl (C=O) groups is 2. The van der Waals surface area contributed by atoms with Crippen LogP contribution in [-0.4, -0.2) is 48.0 Å². The van der Waals surface area contributed by atoms with Gasteiger partial charge in [0, 0.05) is 24.5 Å². The Kier molecular flexibility index (Phi) is 3.68. The third kappa shape index (κ3) is 2.59. The van der Waals surface area contributed by atoms with Gasteiger partial charge in [0.05, 0.1) is 5.56 Å². The average Bonchev–Trinajstić information content (AvgIpc) is 3.04. The molecule has 8 nitrogen and oxygen atoms in total. The van der Waals surface area contributed by atoms with Crippen LogP contribution >= 0.6 is 0 Å². The molecule has 26 heavy (non-hydrogen) atoms. The predicted molar refractivity (Wildman–Crippen MR) is 92.1 cm³/mol. The molecule has 0 fully saturated rings. The Morgan fingerprint density at radius 2 is 2.00 bits per heavy atom. The quantitative estimate of drug-likeness (QED) is 0.753. The fourth-order valence-electron chi connectivity index (χ4n) is 3.35. The van der Waals surface area contributed by atoms with Gasteiger partial charge in [-0.3, -0.25) is 4.79 Å². The van der Waals surface area contributed by atoms with Gasteiger partial charge < -0.3 is 10.0 Å². The largest absolute Gasteiger partial charge is 0.478 e. The summed E-state index contributed by atoms with van der Waals surface area (Å²) in [6, 6.07) is 7.07. The third-order valence-corrected chi connectivity index (χ3v) is 4.60. The van der Waals surface area contributed by atoms with Crippen LogP contribution in [0.4, 0.5) is 0 Å². The van der Waals surface area contributed by atoms with Crippen molar-refractivity contribution in [2.45, 2.75) is 26.8 Å². The van der Waals surface area contributed by atoms with Gasteiger partial charge in [-0.05, 0) is 43.5 Å². The number of aromatic carboxylic acids is 1. The van der Waals surface area contributed by atoms with Crippen LogP contribution in [0.15, 0.2) is 24.3 Å². The number of hydrogen-bond acceptors (Lipinski definition) is 5. The minimum atomic E-state index is -0.989. The van der Waals surface area contributed by atoms with E-state index < -0.39 is 5.97 Å². The van der Waals surface area contributed by atoms with Crippen molar-refractivity contribution in [3.05, 3.63) is 58.2 Å². The molecule has 0 saturated heterocycles. The molecule has 1 aromatic carbocycles. The van der Waals surface area contributed by atoms with Gasteiger partial charge in [0.1, 0.15) is 0 Å². The number of fused-ring (bicyclic) bond motifs is 2. The van der Waals surface area contributed by atoms with Crippen molar-refractivity contribution in [2.75, 3.05) is 6.54 Å². The first-order valence-electron chi connectivity index (χ1n) is 8.28. The summed E-state index contributed by atoms with van der Waals surface area (Å²) in [5.41, 5.74) is 3.52. The van der Waals surface area contributed by atoms with E-state index in [1.165, 1.54) is 0 Å². The summed E-state index contributed by atoms with van der Waals surface area (Å²) in [6.45, 7) is 4.46. The maximum atomic E-state index is 12.9. The fraction of sp³-hybridized carbons (Fsp3) is 0.278. The summed E-state index contributed by atoms with van der Waals surface area (Å²) in [6.07, 6.45) is 0.603. The number of hydrogen-bond donors (Lipinski definition) is 1. The zero-order valence-electron chi connectivity index (χ0n) is 14.4. The molecule has 0 spiro atoms.